The van der Waals surface area contributed by atoms with Crippen molar-refractivity contribution in [2.24, 2.45) is 23.5 Å². The Morgan fingerprint density at radius 1 is 0.884 bits per heavy atom. The number of esters is 1. The summed E-state index contributed by atoms with van der Waals surface area (Å²) in [5, 5.41) is 80.8. The predicted molar refractivity (Wildman–Crippen MR) is 265 cm³/mol. The molecular formula is C50H100N6O13. The van der Waals surface area contributed by atoms with Crippen molar-refractivity contribution >= 4 is 5.97 Å². The van der Waals surface area contributed by atoms with Crippen molar-refractivity contribution in [1.29, 1.82) is 0 Å². The van der Waals surface area contributed by atoms with Crippen LogP contribution < -0.4 is 21.7 Å². The summed E-state index contributed by atoms with van der Waals surface area (Å²) < 4.78 is 38.2. The van der Waals surface area contributed by atoms with Crippen LogP contribution in [0.5, 0.6) is 0 Å². The zero-order valence-corrected chi connectivity index (χ0v) is 44.8. The number of cyclic esters (lactones) is 1. The van der Waals surface area contributed by atoms with Gasteiger partial charge in [-0.15, -0.1) is 0 Å². The molecule has 11 N–H and O–H groups in total. The van der Waals surface area contributed by atoms with Gasteiger partial charge in [0.1, 0.15) is 30.0 Å². The Morgan fingerprint density at radius 3 is 2.10 bits per heavy atom. The van der Waals surface area contributed by atoms with E-state index in [9.17, 15) is 35.4 Å². The van der Waals surface area contributed by atoms with Crippen molar-refractivity contribution in [3.63, 3.8) is 0 Å². The van der Waals surface area contributed by atoms with E-state index in [4.69, 9.17) is 34.2 Å². The maximum absolute atomic E-state index is 14.4. The average Bonchev–Trinajstić information content (AvgIpc) is 3.28. The molecule has 3 saturated heterocycles. The maximum atomic E-state index is 14.4. The minimum absolute atomic E-state index is 0.102. The van der Waals surface area contributed by atoms with Crippen LogP contribution in [0.4, 0.5) is 0 Å². The van der Waals surface area contributed by atoms with Crippen LogP contribution in [0.15, 0.2) is 0 Å². The number of nitrogens with one attached hydrogen (secondary N) is 3. The first-order valence-electron chi connectivity index (χ1n) is 26.1. The second-order valence-electron chi connectivity index (χ2n) is 21.7. The van der Waals surface area contributed by atoms with E-state index in [0.717, 1.165) is 58.4 Å². The van der Waals surface area contributed by atoms with Gasteiger partial charge in [0, 0.05) is 51.2 Å². The Labute approximate surface area is 415 Å². The summed E-state index contributed by atoms with van der Waals surface area (Å²) >= 11 is 0. The van der Waals surface area contributed by atoms with Crippen LogP contribution in [0.1, 0.15) is 121 Å². The average molecular weight is 993 g/mol. The fourth-order valence-electron chi connectivity index (χ4n) is 10.8. The van der Waals surface area contributed by atoms with Crippen LogP contribution in [0.25, 0.3) is 0 Å². The molecule has 3 rings (SSSR count). The molecule has 0 radical (unpaired) electrons. The molecule has 19 atom stereocenters. The lowest BCUT2D eigenvalue weighted by atomic mass is 9.77. The van der Waals surface area contributed by atoms with Crippen LogP contribution in [0, 0.1) is 17.8 Å². The smallest absolute Gasteiger partial charge is 0.311 e. The van der Waals surface area contributed by atoms with Crippen LogP contribution in [0.2, 0.25) is 0 Å². The molecule has 0 aromatic carbocycles. The topological polar surface area (TPSA) is 262 Å². The van der Waals surface area contributed by atoms with Crippen LogP contribution in [0.3, 0.4) is 0 Å². The molecular weight excluding hydrogens is 893 g/mol. The molecule has 408 valence electrons. The van der Waals surface area contributed by atoms with Crippen LogP contribution >= 0.6 is 0 Å². The number of nitrogens with zero attached hydrogens (tertiary/aromatic N) is 2. The summed E-state index contributed by atoms with van der Waals surface area (Å²) in [4.78, 5) is 18.3. The van der Waals surface area contributed by atoms with Crippen molar-refractivity contribution in [2.75, 3.05) is 80.1 Å². The number of unbranched alkanes of at least 4 members (excludes halogenated alkanes) is 1. The molecule has 0 amide bonds. The number of likely N-dealkylation sites (N-methyl/N-ethyl adjacent to an activating group) is 2. The first kappa shape index (κ1) is 62.1. The number of aliphatic hydroxyl groups is 6. The number of nitrogens with two attached hydrogens (primary N) is 1. The van der Waals surface area contributed by atoms with E-state index in [0.29, 0.717) is 26.1 Å². The number of ether oxygens (including phenoxy) is 6. The first-order valence-corrected chi connectivity index (χ1v) is 26.1. The Morgan fingerprint density at radius 2 is 1.49 bits per heavy atom. The Kier molecular flexibility index (Phi) is 26.1. The number of rotatable bonds is 23. The normalized spacial score (nSPS) is 40.8. The molecule has 3 heterocycles. The monoisotopic (exact) mass is 993 g/mol. The Bertz CT molecular complexity index is 1460. The zero-order valence-electron chi connectivity index (χ0n) is 44.8. The third kappa shape index (κ3) is 18.0. The van der Waals surface area contributed by atoms with Gasteiger partial charge in [-0.25, -0.2) is 0 Å². The maximum Gasteiger partial charge on any atom is 0.311 e. The van der Waals surface area contributed by atoms with Crippen LogP contribution in [-0.2, 0) is 33.2 Å². The standard InChI is InChI=1S/C50H100N6O13/c1-14-39-50(10,63)43(59)35(6)55(11)29-31(2)26-48(8,62)45(33(4)42(34(5)46(61)67-39)68-40-27-49(9,64-13)44(60)36(7)66-40)69-47-41(58)38(25-32(3)65-47)56(12)30-37(57)28-54-24-18-23-53-21-16-15-20-52-22-17-19-51/h31-45,47,52-54,57-60,62-63H,14-30,51H2,1-13H3/t31-,32-,33+,34-,35-,36+,37?,38?,39-,40+,41-,42+,43-,44+,45-,47+,48-,49-,50-/m1/s1. The quantitative estimate of drug-likeness (QED) is 0.0504. The fourth-order valence-corrected chi connectivity index (χ4v) is 10.8. The third-order valence-corrected chi connectivity index (χ3v) is 15.2. The molecule has 3 fully saturated rings. The number of hydrogen-bond acceptors (Lipinski definition) is 19. The van der Waals surface area contributed by atoms with Gasteiger partial charge in [0.2, 0.25) is 0 Å². The van der Waals surface area contributed by atoms with Gasteiger partial charge in [-0.05, 0) is 153 Å². The number of carbonyl (C=O) groups is 1. The van der Waals surface area contributed by atoms with E-state index in [-0.39, 0.29) is 37.8 Å². The third-order valence-electron chi connectivity index (χ3n) is 15.2. The van der Waals surface area contributed by atoms with Crippen molar-refractivity contribution < 1.29 is 63.9 Å². The first-order chi connectivity index (χ1) is 32.3. The van der Waals surface area contributed by atoms with E-state index >= 15 is 0 Å². The minimum atomic E-state index is -1.83. The molecule has 0 saturated carbocycles. The Hall–Kier alpha value is -1.21. The van der Waals surface area contributed by atoms with E-state index in [1.54, 1.807) is 41.5 Å². The largest absolute Gasteiger partial charge is 0.459 e. The number of methoxy groups -OCH3 is 1. The van der Waals surface area contributed by atoms with Gasteiger partial charge in [0.25, 0.3) is 0 Å². The lowest BCUT2D eigenvalue weighted by Gasteiger charge is -2.49. The molecule has 0 aromatic rings. The van der Waals surface area contributed by atoms with Gasteiger partial charge >= 0.3 is 5.97 Å². The van der Waals surface area contributed by atoms with Gasteiger partial charge < -0.3 is 85.6 Å². The molecule has 0 aliphatic carbocycles. The number of carbonyl (C=O) groups excluding carboxylic acids is 1. The zero-order chi connectivity index (χ0) is 51.9. The van der Waals surface area contributed by atoms with E-state index in [2.05, 4.69) is 16.0 Å². The highest BCUT2D eigenvalue weighted by Crippen LogP contribution is 2.40. The van der Waals surface area contributed by atoms with Gasteiger partial charge in [0.05, 0.1) is 47.6 Å². The van der Waals surface area contributed by atoms with E-state index < -0.39 is 108 Å². The minimum Gasteiger partial charge on any atom is -0.459 e. The second kappa shape index (κ2) is 29.0. The number of aliphatic hydroxyl groups excluding tert-OH is 4. The Balaban J connectivity index is 1.87. The van der Waals surface area contributed by atoms with Gasteiger partial charge in [-0.2, -0.15) is 0 Å². The molecule has 3 aliphatic rings. The summed E-state index contributed by atoms with van der Waals surface area (Å²) in [5.41, 5.74) is 1.02. The van der Waals surface area contributed by atoms with Gasteiger partial charge in [-0.3, -0.25) is 9.69 Å². The molecule has 19 nitrogen and oxygen atoms in total. The van der Waals surface area contributed by atoms with Crippen molar-refractivity contribution in [3.8, 4) is 0 Å². The highest BCUT2D eigenvalue weighted by Gasteiger charge is 2.53. The highest BCUT2D eigenvalue weighted by atomic mass is 16.7. The molecule has 0 aromatic heterocycles. The summed E-state index contributed by atoms with van der Waals surface area (Å²) in [7, 11) is 5.20. The number of hydrogen-bond donors (Lipinski definition) is 10. The van der Waals surface area contributed by atoms with E-state index in [1.807, 2.05) is 44.7 Å². The SMILES string of the molecule is CC[C@H]1OC(=O)[C@H](C)[C@@H](O[C@H]2C[C@@](C)(OC)[C@@H](O)[C@H](C)O2)[C@H](C)[C@@H](O[C@@H]2O[C@H](C)CC(N(C)CC(O)CNCCCNCCCCNCCCN)[C@H]2O)[C@](C)(O)C[C@@H](C)CN(C)[C@H](C)[C@@H](O)[C@]1(C)O. The predicted octanol–water partition coefficient (Wildman–Crippen LogP) is 0.920. The lowest BCUT2D eigenvalue weighted by Crippen LogP contribution is -2.61. The summed E-state index contributed by atoms with van der Waals surface area (Å²) in [5.74, 6) is -2.78. The lowest BCUT2D eigenvalue weighted by molar-refractivity contribution is -0.318. The second-order valence-corrected chi connectivity index (χ2v) is 21.7. The highest BCUT2D eigenvalue weighted by molar-refractivity contribution is 5.73. The molecule has 69 heavy (non-hydrogen) atoms. The molecule has 19 heteroatoms. The van der Waals surface area contributed by atoms with Crippen LogP contribution in [-0.4, -0.2) is 223 Å². The summed E-state index contributed by atoms with van der Waals surface area (Å²) in [6, 6.07) is -1.05. The van der Waals surface area contributed by atoms with Gasteiger partial charge in [0.15, 0.2) is 12.6 Å². The molecule has 0 spiro atoms. The molecule has 3 aliphatic heterocycles. The van der Waals surface area contributed by atoms with E-state index in [1.165, 1.54) is 14.0 Å². The summed E-state index contributed by atoms with van der Waals surface area (Å²) in [6.07, 6.45) is -5.73. The molecule has 0 bridgehead atoms. The fraction of sp³-hybridized carbons (Fsp3) is 0.980. The van der Waals surface area contributed by atoms with Gasteiger partial charge in [-0.1, -0.05) is 20.8 Å². The van der Waals surface area contributed by atoms with Crippen molar-refractivity contribution in [3.05, 3.63) is 0 Å². The van der Waals surface area contributed by atoms with Crippen molar-refractivity contribution in [1.82, 2.24) is 25.8 Å². The van der Waals surface area contributed by atoms with Crippen molar-refractivity contribution in [2.45, 2.75) is 217 Å². The molecule has 2 unspecified atom stereocenters. The summed E-state index contributed by atoms with van der Waals surface area (Å²) in [6.45, 7) is 23.9.